The summed E-state index contributed by atoms with van der Waals surface area (Å²) in [5, 5.41) is 6.66. The van der Waals surface area contributed by atoms with Gasteiger partial charge in [0.15, 0.2) is 0 Å². The molecular weight excluding hydrogens is 428 g/mol. The molecule has 0 atom stereocenters. The Bertz CT molecular complexity index is 1160. The van der Waals surface area contributed by atoms with Crippen molar-refractivity contribution in [2.75, 3.05) is 42.3 Å². The number of nitrogens with zero attached hydrogens (tertiary/aromatic N) is 6. The summed E-state index contributed by atoms with van der Waals surface area (Å²) in [4.78, 5) is 20.1. The van der Waals surface area contributed by atoms with E-state index in [1.807, 2.05) is 47.2 Å². The van der Waals surface area contributed by atoms with Gasteiger partial charge in [0.2, 0.25) is 17.8 Å². The topological polar surface area (TPSA) is 93.0 Å². The van der Waals surface area contributed by atoms with E-state index in [9.17, 15) is 0 Å². The zero-order valence-corrected chi connectivity index (χ0v) is 19.8. The van der Waals surface area contributed by atoms with E-state index < -0.39 is 0 Å². The number of nitrogens with one attached hydrogen (secondary N) is 2. The number of imidazole rings is 1. The highest BCUT2D eigenvalue weighted by molar-refractivity contribution is 5.57. The molecule has 176 valence electrons. The number of hydrogen-bond acceptors (Lipinski definition) is 8. The molecule has 9 heteroatoms. The van der Waals surface area contributed by atoms with Crippen molar-refractivity contribution in [1.82, 2.24) is 24.5 Å². The van der Waals surface area contributed by atoms with Crippen LogP contribution in [0.25, 0.3) is 5.69 Å². The fraction of sp³-hybridized carbons (Fsp3) is 0.280. The van der Waals surface area contributed by atoms with Gasteiger partial charge in [0, 0.05) is 43.4 Å². The van der Waals surface area contributed by atoms with Crippen LogP contribution in [0.15, 0.2) is 67.3 Å². The predicted octanol–water partition coefficient (Wildman–Crippen LogP) is 4.31. The highest BCUT2D eigenvalue weighted by Gasteiger charge is 2.12. The van der Waals surface area contributed by atoms with Gasteiger partial charge in [-0.1, -0.05) is 12.1 Å². The first-order valence-electron chi connectivity index (χ1n) is 11.4. The van der Waals surface area contributed by atoms with Crippen LogP contribution < -0.4 is 20.3 Å². The molecular formula is C25H30N8O. The van der Waals surface area contributed by atoms with Crippen molar-refractivity contribution < 1.29 is 4.74 Å². The van der Waals surface area contributed by atoms with Crippen molar-refractivity contribution in [2.24, 2.45) is 0 Å². The van der Waals surface area contributed by atoms with Gasteiger partial charge in [-0.15, -0.1) is 0 Å². The van der Waals surface area contributed by atoms with Gasteiger partial charge in [0.05, 0.1) is 13.4 Å². The van der Waals surface area contributed by atoms with E-state index in [0.717, 1.165) is 36.6 Å². The van der Waals surface area contributed by atoms with Crippen LogP contribution in [0.5, 0.6) is 5.75 Å². The van der Waals surface area contributed by atoms with Crippen LogP contribution in [0.4, 0.5) is 23.5 Å². The Morgan fingerprint density at radius 3 is 2.29 bits per heavy atom. The van der Waals surface area contributed by atoms with Gasteiger partial charge < -0.3 is 24.8 Å². The molecule has 0 radical (unpaired) electrons. The molecule has 4 rings (SSSR count). The third kappa shape index (κ3) is 5.80. The molecule has 2 aromatic carbocycles. The summed E-state index contributed by atoms with van der Waals surface area (Å²) in [7, 11) is 1.67. The highest BCUT2D eigenvalue weighted by Crippen LogP contribution is 2.20. The predicted molar refractivity (Wildman–Crippen MR) is 135 cm³/mol. The molecule has 0 amide bonds. The summed E-state index contributed by atoms with van der Waals surface area (Å²) >= 11 is 0. The second kappa shape index (κ2) is 11.1. The van der Waals surface area contributed by atoms with E-state index in [-0.39, 0.29) is 0 Å². The fourth-order valence-corrected chi connectivity index (χ4v) is 3.52. The monoisotopic (exact) mass is 458 g/mol. The average molecular weight is 459 g/mol. The van der Waals surface area contributed by atoms with Gasteiger partial charge in [0.25, 0.3) is 0 Å². The molecule has 0 fully saturated rings. The Kier molecular flexibility index (Phi) is 7.54. The minimum atomic E-state index is 0.499. The van der Waals surface area contributed by atoms with Gasteiger partial charge in [-0.25, -0.2) is 4.98 Å². The number of ether oxygens (including phenoxy) is 1. The molecule has 0 saturated heterocycles. The molecule has 34 heavy (non-hydrogen) atoms. The van der Waals surface area contributed by atoms with Crippen LogP contribution in [-0.2, 0) is 6.42 Å². The van der Waals surface area contributed by atoms with Crippen LogP contribution in [0.1, 0.15) is 19.4 Å². The molecule has 2 N–H and O–H groups in total. The lowest BCUT2D eigenvalue weighted by atomic mass is 10.1. The van der Waals surface area contributed by atoms with Gasteiger partial charge in [0.1, 0.15) is 5.75 Å². The number of methoxy groups -OCH3 is 1. The van der Waals surface area contributed by atoms with Crippen LogP contribution >= 0.6 is 0 Å². The summed E-state index contributed by atoms with van der Waals surface area (Å²) in [5.41, 5.74) is 3.14. The first-order valence-corrected chi connectivity index (χ1v) is 11.4. The Morgan fingerprint density at radius 1 is 0.912 bits per heavy atom. The van der Waals surface area contributed by atoms with Crippen LogP contribution in [0.2, 0.25) is 0 Å². The SMILES string of the molecule is CCN(CC)c1nc(NCCc2ccc(OC)cc2)nc(Nc2ccc(-n3ccnc3)cc2)n1. The lowest BCUT2D eigenvalue weighted by molar-refractivity contribution is 0.414. The summed E-state index contributed by atoms with van der Waals surface area (Å²) in [5.74, 6) is 2.54. The van der Waals surface area contributed by atoms with E-state index in [1.165, 1.54) is 5.56 Å². The molecule has 2 heterocycles. The maximum atomic E-state index is 5.23. The van der Waals surface area contributed by atoms with Crippen LogP contribution in [0.3, 0.4) is 0 Å². The molecule has 4 aromatic rings. The van der Waals surface area contributed by atoms with Crippen LogP contribution in [-0.4, -0.2) is 51.2 Å². The number of anilines is 4. The second-order valence-electron chi connectivity index (χ2n) is 7.62. The largest absolute Gasteiger partial charge is 0.497 e. The normalized spacial score (nSPS) is 10.7. The number of aromatic nitrogens is 5. The Morgan fingerprint density at radius 2 is 1.65 bits per heavy atom. The number of hydrogen-bond donors (Lipinski definition) is 2. The lowest BCUT2D eigenvalue weighted by Crippen LogP contribution is -2.25. The van der Waals surface area contributed by atoms with E-state index in [2.05, 4.69) is 61.4 Å². The lowest BCUT2D eigenvalue weighted by Gasteiger charge is -2.20. The molecule has 2 aromatic heterocycles. The molecule has 0 aliphatic rings. The smallest absolute Gasteiger partial charge is 0.233 e. The fourth-order valence-electron chi connectivity index (χ4n) is 3.52. The standard InChI is InChI=1S/C25H30N8O/c1-4-32(5-2)25-30-23(27-15-14-19-6-12-22(34-3)13-7-19)29-24(31-25)28-20-8-10-21(11-9-20)33-17-16-26-18-33/h6-13,16-18H,4-5,14-15H2,1-3H3,(H2,27,28,29,30,31). The average Bonchev–Trinajstić information content (AvgIpc) is 3.41. The highest BCUT2D eigenvalue weighted by atomic mass is 16.5. The first-order chi connectivity index (χ1) is 16.7. The maximum Gasteiger partial charge on any atom is 0.233 e. The minimum absolute atomic E-state index is 0.499. The summed E-state index contributed by atoms with van der Waals surface area (Å²) < 4.78 is 7.18. The third-order valence-electron chi connectivity index (χ3n) is 5.45. The molecule has 0 aliphatic carbocycles. The number of rotatable bonds is 11. The Balaban J connectivity index is 1.48. The number of benzene rings is 2. The van der Waals surface area contributed by atoms with Crippen molar-refractivity contribution in [2.45, 2.75) is 20.3 Å². The molecule has 0 spiro atoms. The maximum absolute atomic E-state index is 5.23. The molecule has 0 bridgehead atoms. The zero-order chi connectivity index (χ0) is 23.8. The quantitative estimate of drug-likeness (QED) is 0.343. The van der Waals surface area contributed by atoms with Gasteiger partial charge in [-0.05, 0) is 62.2 Å². The Hall–Kier alpha value is -4.14. The van der Waals surface area contributed by atoms with E-state index >= 15 is 0 Å². The molecule has 0 saturated carbocycles. The van der Waals surface area contributed by atoms with E-state index in [4.69, 9.17) is 4.74 Å². The second-order valence-corrected chi connectivity index (χ2v) is 7.62. The summed E-state index contributed by atoms with van der Waals surface area (Å²) in [6.45, 7) is 6.50. The van der Waals surface area contributed by atoms with Crippen molar-refractivity contribution >= 4 is 23.5 Å². The molecule has 9 nitrogen and oxygen atoms in total. The van der Waals surface area contributed by atoms with Crippen LogP contribution in [0, 0.1) is 0 Å². The zero-order valence-electron chi connectivity index (χ0n) is 19.8. The van der Waals surface area contributed by atoms with Crippen molar-refractivity contribution in [3.05, 3.63) is 72.8 Å². The summed E-state index contributed by atoms with van der Waals surface area (Å²) in [6.07, 6.45) is 6.28. The third-order valence-corrected chi connectivity index (χ3v) is 5.45. The minimum Gasteiger partial charge on any atom is -0.497 e. The van der Waals surface area contributed by atoms with Crippen molar-refractivity contribution in [1.29, 1.82) is 0 Å². The van der Waals surface area contributed by atoms with Gasteiger partial charge in [-0.3, -0.25) is 0 Å². The summed E-state index contributed by atoms with van der Waals surface area (Å²) in [6, 6.07) is 16.1. The Labute approximate surface area is 199 Å². The van der Waals surface area contributed by atoms with Crippen molar-refractivity contribution in [3.8, 4) is 11.4 Å². The first kappa shape index (κ1) is 23.0. The van der Waals surface area contributed by atoms with Crippen molar-refractivity contribution in [3.63, 3.8) is 0 Å². The molecule has 0 aliphatic heterocycles. The van der Waals surface area contributed by atoms with Gasteiger partial charge >= 0.3 is 0 Å². The molecule has 0 unspecified atom stereocenters. The van der Waals surface area contributed by atoms with Gasteiger partial charge in [-0.2, -0.15) is 15.0 Å². The van der Waals surface area contributed by atoms with E-state index in [0.29, 0.717) is 24.4 Å². The van der Waals surface area contributed by atoms with E-state index in [1.54, 1.807) is 19.6 Å².